The molecular weight excluding hydrogens is 173 g/mol. The van der Waals surface area contributed by atoms with Gasteiger partial charge in [0, 0.05) is 5.69 Å². The van der Waals surface area contributed by atoms with E-state index in [1.165, 1.54) is 6.07 Å². The number of anilines is 1. The third-order valence-electron chi connectivity index (χ3n) is 1.30. The molecular formula is C9H8FNS. The van der Waals surface area contributed by atoms with E-state index >= 15 is 0 Å². The zero-order chi connectivity index (χ0) is 8.97. The van der Waals surface area contributed by atoms with Gasteiger partial charge in [-0.05, 0) is 18.2 Å². The molecule has 1 rings (SSSR count). The van der Waals surface area contributed by atoms with Gasteiger partial charge in [0.1, 0.15) is 5.82 Å². The molecule has 0 saturated heterocycles. The van der Waals surface area contributed by atoms with Gasteiger partial charge in [-0.3, -0.25) is 0 Å². The summed E-state index contributed by atoms with van der Waals surface area (Å²) in [7, 11) is 0. The van der Waals surface area contributed by atoms with E-state index in [-0.39, 0.29) is 5.82 Å². The van der Waals surface area contributed by atoms with E-state index in [2.05, 4.69) is 24.5 Å². The number of halogens is 1. The van der Waals surface area contributed by atoms with Crippen LogP contribution in [0.25, 0.3) is 0 Å². The second kappa shape index (κ2) is 4.03. The van der Waals surface area contributed by atoms with Crippen LogP contribution in [0.1, 0.15) is 5.56 Å². The molecule has 12 heavy (non-hydrogen) atoms. The first-order valence-corrected chi connectivity index (χ1v) is 4.02. The second-order valence-corrected chi connectivity index (χ2v) is 2.52. The smallest absolute Gasteiger partial charge is 0.140 e. The lowest BCUT2D eigenvalue weighted by Gasteiger charge is -1.95. The van der Waals surface area contributed by atoms with Crippen molar-refractivity contribution in [3.05, 3.63) is 29.6 Å². The fourth-order valence-electron chi connectivity index (χ4n) is 0.767. The SMILES string of the molecule is Nc1ccc(C#CCS)c(F)c1. The van der Waals surface area contributed by atoms with Gasteiger partial charge in [-0.2, -0.15) is 12.6 Å². The molecule has 1 aromatic rings. The third-order valence-corrected chi connectivity index (χ3v) is 1.45. The van der Waals surface area contributed by atoms with Crippen LogP contribution in [0.3, 0.4) is 0 Å². The highest BCUT2D eigenvalue weighted by molar-refractivity contribution is 7.80. The minimum Gasteiger partial charge on any atom is -0.399 e. The number of benzene rings is 1. The Morgan fingerprint density at radius 3 is 2.83 bits per heavy atom. The quantitative estimate of drug-likeness (QED) is 0.355. The van der Waals surface area contributed by atoms with Crippen LogP contribution in [0.5, 0.6) is 0 Å². The van der Waals surface area contributed by atoms with Gasteiger partial charge >= 0.3 is 0 Å². The van der Waals surface area contributed by atoms with Crippen LogP contribution in [0, 0.1) is 17.7 Å². The molecule has 62 valence electrons. The molecule has 0 heterocycles. The summed E-state index contributed by atoms with van der Waals surface area (Å²) in [6, 6.07) is 4.43. The molecule has 0 aromatic heterocycles. The molecule has 0 aliphatic heterocycles. The van der Waals surface area contributed by atoms with Gasteiger partial charge < -0.3 is 5.73 Å². The summed E-state index contributed by atoms with van der Waals surface area (Å²) in [6.45, 7) is 0. The second-order valence-electron chi connectivity index (χ2n) is 2.20. The lowest BCUT2D eigenvalue weighted by atomic mass is 10.2. The van der Waals surface area contributed by atoms with Crippen molar-refractivity contribution in [3.8, 4) is 11.8 Å². The molecule has 0 saturated carbocycles. The highest BCUT2D eigenvalue weighted by Crippen LogP contribution is 2.10. The average molecular weight is 181 g/mol. The maximum Gasteiger partial charge on any atom is 0.140 e. The summed E-state index contributed by atoms with van der Waals surface area (Å²) in [4.78, 5) is 0. The highest BCUT2D eigenvalue weighted by Gasteiger charge is 1.97. The first-order chi connectivity index (χ1) is 5.74. The van der Waals surface area contributed by atoms with Crippen molar-refractivity contribution in [3.63, 3.8) is 0 Å². The summed E-state index contributed by atoms with van der Waals surface area (Å²) in [6.07, 6.45) is 0. The summed E-state index contributed by atoms with van der Waals surface area (Å²) in [5.41, 5.74) is 6.12. The molecule has 0 aliphatic carbocycles. The number of nitrogens with two attached hydrogens (primary N) is 1. The number of thiol groups is 1. The van der Waals surface area contributed by atoms with Crippen LogP contribution in [-0.4, -0.2) is 5.75 Å². The minimum atomic E-state index is -0.385. The van der Waals surface area contributed by atoms with Crippen molar-refractivity contribution in [2.45, 2.75) is 0 Å². The molecule has 1 aromatic carbocycles. The Kier molecular flexibility index (Phi) is 3.01. The van der Waals surface area contributed by atoms with E-state index in [0.717, 1.165) is 0 Å². The van der Waals surface area contributed by atoms with Gasteiger partial charge in [-0.25, -0.2) is 4.39 Å². The first kappa shape index (κ1) is 8.95. The van der Waals surface area contributed by atoms with Gasteiger partial charge in [-0.1, -0.05) is 11.8 Å². The number of hydrogen-bond acceptors (Lipinski definition) is 2. The summed E-state index contributed by atoms with van der Waals surface area (Å²) < 4.78 is 13.0. The molecule has 0 amide bonds. The first-order valence-electron chi connectivity index (χ1n) is 3.39. The maximum atomic E-state index is 13.0. The van der Waals surface area contributed by atoms with Gasteiger partial charge in [0.15, 0.2) is 0 Å². The van der Waals surface area contributed by atoms with Crippen molar-refractivity contribution in [1.82, 2.24) is 0 Å². The lowest BCUT2D eigenvalue weighted by Crippen LogP contribution is -1.88. The summed E-state index contributed by atoms with van der Waals surface area (Å²) in [5.74, 6) is 5.33. The van der Waals surface area contributed by atoms with Crippen LogP contribution in [0.15, 0.2) is 18.2 Å². The molecule has 0 atom stereocenters. The van der Waals surface area contributed by atoms with Crippen LogP contribution in [0.2, 0.25) is 0 Å². The Morgan fingerprint density at radius 1 is 1.50 bits per heavy atom. The van der Waals surface area contributed by atoms with Crippen molar-refractivity contribution < 1.29 is 4.39 Å². The molecule has 2 N–H and O–H groups in total. The van der Waals surface area contributed by atoms with Crippen LogP contribution >= 0.6 is 12.6 Å². The van der Waals surface area contributed by atoms with Gasteiger partial charge in [0.05, 0.1) is 11.3 Å². The van der Waals surface area contributed by atoms with Crippen molar-refractivity contribution >= 4 is 18.3 Å². The number of nitrogen functional groups attached to an aromatic ring is 1. The average Bonchev–Trinajstić information content (AvgIpc) is 2.03. The van der Waals surface area contributed by atoms with Crippen molar-refractivity contribution in [2.24, 2.45) is 0 Å². The summed E-state index contributed by atoms with van der Waals surface area (Å²) in [5, 5.41) is 0. The normalized spacial score (nSPS) is 8.83. The standard InChI is InChI=1S/C9H8FNS/c10-9-6-8(11)4-3-7(9)2-1-5-12/h3-4,6,12H,5,11H2. The molecule has 3 heteroatoms. The Bertz CT molecular complexity index is 338. The number of rotatable bonds is 0. The van der Waals surface area contributed by atoms with E-state index in [4.69, 9.17) is 5.73 Å². The Hall–Kier alpha value is -1.14. The van der Waals surface area contributed by atoms with Gasteiger partial charge in [-0.15, -0.1) is 0 Å². The van der Waals surface area contributed by atoms with Gasteiger partial charge in [0.2, 0.25) is 0 Å². The van der Waals surface area contributed by atoms with E-state index < -0.39 is 0 Å². The predicted octanol–water partition coefficient (Wildman–Crippen LogP) is 1.69. The predicted molar refractivity (Wildman–Crippen MR) is 51.5 cm³/mol. The maximum absolute atomic E-state index is 13.0. The topological polar surface area (TPSA) is 26.0 Å². The summed E-state index contributed by atoms with van der Waals surface area (Å²) >= 11 is 3.88. The van der Waals surface area contributed by atoms with Crippen molar-refractivity contribution in [2.75, 3.05) is 11.5 Å². The Balaban J connectivity index is 3.01. The Morgan fingerprint density at radius 2 is 2.25 bits per heavy atom. The third kappa shape index (κ3) is 2.18. The molecule has 0 bridgehead atoms. The van der Waals surface area contributed by atoms with Crippen LogP contribution in [-0.2, 0) is 0 Å². The van der Waals surface area contributed by atoms with Crippen molar-refractivity contribution in [1.29, 1.82) is 0 Å². The zero-order valence-electron chi connectivity index (χ0n) is 6.34. The fourth-order valence-corrected chi connectivity index (χ4v) is 0.847. The van der Waals surface area contributed by atoms with Crippen LogP contribution in [0.4, 0.5) is 10.1 Å². The van der Waals surface area contributed by atoms with E-state index in [9.17, 15) is 4.39 Å². The van der Waals surface area contributed by atoms with E-state index in [1.54, 1.807) is 12.1 Å². The van der Waals surface area contributed by atoms with Gasteiger partial charge in [0.25, 0.3) is 0 Å². The van der Waals surface area contributed by atoms with Crippen LogP contribution < -0.4 is 5.73 Å². The molecule has 0 fully saturated rings. The number of hydrogen-bond donors (Lipinski definition) is 2. The van der Waals surface area contributed by atoms with E-state index in [0.29, 0.717) is 17.0 Å². The highest BCUT2D eigenvalue weighted by atomic mass is 32.1. The monoisotopic (exact) mass is 181 g/mol. The molecule has 0 radical (unpaired) electrons. The minimum absolute atomic E-state index is 0.359. The van der Waals surface area contributed by atoms with E-state index in [1.807, 2.05) is 0 Å². The molecule has 0 aliphatic rings. The largest absolute Gasteiger partial charge is 0.399 e. The molecule has 0 spiro atoms. The molecule has 0 unspecified atom stereocenters. The lowest BCUT2D eigenvalue weighted by molar-refractivity contribution is 0.625. The zero-order valence-corrected chi connectivity index (χ0v) is 7.24. The Labute approximate surface area is 76.2 Å². The molecule has 1 nitrogen and oxygen atoms in total. The fraction of sp³-hybridized carbons (Fsp3) is 0.111.